The molecule has 5 nitrogen and oxygen atoms in total. The fourth-order valence-corrected chi connectivity index (χ4v) is 1.99. The SMILES string of the molecule is CC.CC.CC.CC(C)C.CC(C)N1CCOCC1.CC(C)n1cccn1.c1ccncc1. The number of rotatable bonds is 2. The molecular formula is C28H58N4O. The normalized spacial score (nSPS) is 11.9. The van der Waals surface area contributed by atoms with Crippen LogP contribution in [0.1, 0.15) is 96.1 Å². The molecule has 1 aliphatic rings. The molecule has 1 aliphatic heterocycles. The second-order valence-corrected chi connectivity index (χ2v) is 7.58. The van der Waals surface area contributed by atoms with Crippen molar-refractivity contribution in [3.05, 3.63) is 49.1 Å². The molecule has 196 valence electrons. The van der Waals surface area contributed by atoms with Crippen molar-refractivity contribution in [2.24, 2.45) is 5.92 Å². The highest BCUT2D eigenvalue weighted by atomic mass is 16.5. The van der Waals surface area contributed by atoms with Crippen molar-refractivity contribution in [3.8, 4) is 0 Å². The first-order valence-electron chi connectivity index (χ1n) is 13.0. The number of pyridine rings is 1. The summed E-state index contributed by atoms with van der Waals surface area (Å²) in [7, 11) is 0. The molecule has 1 saturated heterocycles. The second kappa shape index (κ2) is 32.5. The number of nitrogens with zero attached hydrogens (tertiary/aromatic N) is 4. The van der Waals surface area contributed by atoms with Crippen molar-refractivity contribution in [3.63, 3.8) is 0 Å². The van der Waals surface area contributed by atoms with Crippen LogP contribution in [-0.4, -0.2) is 52.0 Å². The molecule has 33 heavy (non-hydrogen) atoms. The van der Waals surface area contributed by atoms with Crippen LogP contribution in [0.15, 0.2) is 49.1 Å². The number of hydrogen-bond acceptors (Lipinski definition) is 4. The Kier molecular flexibility index (Phi) is 37.9. The van der Waals surface area contributed by atoms with Gasteiger partial charge in [-0.25, -0.2) is 0 Å². The van der Waals surface area contributed by atoms with Gasteiger partial charge in [-0.05, 0) is 51.8 Å². The molecule has 0 spiro atoms. The molecule has 2 aromatic heterocycles. The van der Waals surface area contributed by atoms with Crippen LogP contribution in [0.4, 0.5) is 0 Å². The Hall–Kier alpha value is -1.72. The minimum absolute atomic E-state index is 0.491. The van der Waals surface area contributed by atoms with Crippen molar-refractivity contribution in [2.75, 3.05) is 26.3 Å². The van der Waals surface area contributed by atoms with Gasteiger partial charge in [-0.2, -0.15) is 5.10 Å². The third kappa shape index (κ3) is 32.5. The average Bonchev–Trinajstić information content (AvgIpc) is 3.41. The first-order valence-corrected chi connectivity index (χ1v) is 13.0. The van der Waals surface area contributed by atoms with E-state index in [1.54, 1.807) is 18.6 Å². The Bertz CT molecular complexity index is 478. The minimum Gasteiger partial charge on any atom is -0.379 e. The molecule has 0 saturated carbocycles. The van der Waals surface area contributed by atoms with Gasteiger partial charge in [-0.1, -0.05) is 68.4 Å². The Balaban J connectivity index is -0.000000162. The maximum absolute atomic E-state index is 5.21. The third-order valence-corrected chi connectivity index (χ3v) is 3.40. The van der Waals surface area contributed by atoms with Gasteiger partial charge in [-0.3, -0.25) is 14.6 Å². The van der Waals surface area contributed by atoms with Gasteiger partial charge in [0, 0.05) is 50.0 Å². The highest BCUT2D eigenvalue weighted by molar-refractivity contribution is 4.88. The fourth-order valence-electron chi connectivity index (χ4n) is 1.99. The molecule has 5 heteroatoms. The zero-order valence-corrected chi connectivity index (χ0v) is 24.4. The predicted octanol–water partition coefficient (Wildman–Crippen LogP) is 8.01. The van der Waals surface area contributed by atoms with Gasteiger partial charge < -0.3 is 4.74 Å². The van der Waals surface area contributed by atoms with Crippen molar-refractivity contribution < 1.29 is 4.74 Å². The first-order chi connectivity index (χ1) is 15.8. The van der Waals surface area contributed by atoms with Crippen LogP contribution < -0.4 is 0 Å². The van der Waals surface area contributed by atoms with Crippen molar-refractivity contribution in [2.45, 2.75) is 102 Å². The summed E-state index contributed by atoms with van der Waals surface area (Å²) in [6.07, 6.45) is 7.25. The molecule has 2 aromatic rings. The van der Waals surface area contributed by atoms with Crippen LogP contribution >= 0.6 is 0 Å². The van der Waals surface area contributed by atoms with E-state index in [1.807, 2.05) is 76.7 Å². The monoisotopic (exact) mass is 466 g/mol. The Morgan fingerprint density at radius 1 is 0.636 bits per heavy atom. The largest absolute Gasteiger partial charge is 0.379 e. The van der Waals surface area contributed by atoms with Crippen LogP contribution in [0.3, 0.4) is 0 Å². The Labute approximate surface area is 208 Å². The average molecular weight is 467 g/mol. The van der Waals surface area contributed by atoms with Gasteiger partial charge in [-0.15, -0.1) is 0 Å². The molecule has 3 heterocycles. The molecule has 0 amide bonds. The molecule has 0 aromatic carbocycles. The quantitative estimate of drug-likeness (QED) is 0.449. The molecular weight excluding hydrogens is 408 g/mol. The van der Waals surface area contributed by atoms with E-state index < -0.39 is 0 Å². The zero-order valence-electron chi connectivity index (χ0n) is 24.4. The second-order valence-electron chi connectivity index (χ2n) is 7.58. The molecule has 0 bridgehead atoms. The molecule has 0 aliphatic carbocycles. The summed E-state index contributed by atoms with van der Waals surface area (Å²) in [6, 6.07) is 8.83. The summed E-state index contributed by atoms with van der Waals surface area (Å²) in [5.74, 6) is 0.833. The van der Waals surface area contributed by atoms with Crippen molar-refractivity contribution in [1.82, 2.24) is 19.7 Å². The summed E-state index contributed by atoms with van der Waals surface area (Å²) >= 11 is 0. The van der Waals surface area contributed by atoms with Crippen molar-refractivity contribution >= 4 is 0 Å². The standard InChI is InChI=1S/C7H15NO.C6H10N2.C5H5N.C4H10.3C2H6/c1-7(2)8-3-5-9-6-4-8;1-6(2)8-5-3-4-7-8;1-2-4-6-5-3-1;1-4(2)3;3*1-2/h7H,3-6H2,1-2H3;3-6H,1-2H3;1-5H;4H,1-3H3;3*1-2H3. The molecule has 0 radical (unpaired) electrons. The summed E-state index contributed by atoms with van der Waals surface area (Å²) in [4.78, 5) is 6.22. The molecule has 3 rings (SSSR count). The van der Waals surface area contributed by atoms with E-state index in [0.29, 0.717) is 12.1 Å². The maximum atomic E-state index is 5.21. The third-order valence-electron chi connectivity index (χ3n) is 3.40. The van der Waals surface area contributed by atoms with Crippen LogP contribution in [0.2, 0.25) is 0 Å². The fraction of sp³-hybridized carbons (Fsp3) is 0.714. The lowest BCUT2D eigenvalue weighted by Gasteiger charge is -2.29. The highest BCUT2D eigenvalue weighted by Crippen LogP contribution is 2.01. The Morgan fingerprint density at radius 2 is 1.09 bits per heavy atom. The number of ether oxygens (including phenoxy) is 1. The number of aromatic nitrogens is 3. The lowest BCUT2D eigenvalue weighted by atomic mass is 10.3. The topological polar surface area (TPSA) is 43.2 Å². The summed E-state index contributed by atoms with van der Waals surface area (Å²) in [5.41, 5.74) is 0. The predicted molar refractivity (Wildman–Crippen MR) is 149 cm³/mol. The van der Waals surface area contributed by atoms with E-state index in [4.69, 9.17) is 4.74 Å². The van der Waals surface area contributed by atoms with Crippen LogP contribution in [0.25, 0.3) is 0 Å². The maximum Gasteiger partial charge on any atom is 0.0594 e. The van der Waals surface area contributed by atoms with E-state index in [2.05, 4.69) is 63.4 Å². The van der Waals surface area contributed by atoms with Gasteiger partial charge >= 0.3 is 0 Å². The van der Waals surface area contributed by atoms with Gasteiger partial charge in [0.05, 0.1) is 13.2 Å². The molecule has 0 atom stereocenters. The van der Waals surface area contributed by atoms with E-state index in [9.17, 15) is 0 Å². The highest BCUT2D eigenvalue weighted by Gasteiger charge is 2.11. The number of morpholine rings is 1. The van der Waals surface area contributed by atoms with Gasteiger partial charge in [0.25, 0.3) is 0 Å². The van der Waals surface area contributed by atoms with Gasteiger partial charge in [0.1, 0.15) is 0 Å². The summed E-state index contributed by atoms with van der Waals surface area (Å²) in [6.45, 7) is 31.2. The van der Waals surface area contributed by atoms with Crippen LogP contribution in [-0.2, 0) is 4.74 Å². The van der Waals surface area contributed by atoms with Crippen LogP contribution in [0.5, 0.6) is 0 Å². The molecule has 1 fully saturated rings. The summed E-state index contributed by atoms with van der Waals surface area (Å²) in [5, 5.41) is 4.03. The van der Waals surface area contributed by atoms with E-state index in [-0.39, 0.29) is 0 Å². The Morgan fingerprint density at radius 3 is 1.27 bits per heavy atom. The first kappa shape index (κ1) is 38.5. The van der Waals surface area contributed by atoms with Gasteiger partial charge in [0.15, 0.2) is 0 Å². The van der Waals surface area contributed by atoms with Crippen molar-refractivity contribution in [1.29, 1.82) is 0 Å². The van der Waals surface area contributed by atoms with Gasteiger partial charge in [0.2, 0.25) is 0 Å². The van der Waals surface area contributed by atoms with E-state index in [1.165, 1.54) is 0 Å². The molecule has 0 N–H and O–H groups in total. The van der Waals surface area contributed by atoms with E-state index >= 15 is 0 Å². The van der Waals surface area contributed by atoms with E-state index in [0.717, 1.165) is 32.2 Å². The zero-order chi connectivity index (χ0) is 26.5. The van der Waals surface area contributed by atoms with Crippen LogP contribution in [0, 0.1) is 5.92 Å². The minimum atomic E-state index is 0.491. The smallest absolute Gasteiger partial charge is 0.0594 e. The summed E-state index contributed by atoms with van der Waals surface area (Å²) < 4.78 is 7.12. The lowest BCUT2D eigenvalue weighted by Crippen LogP contribution is -2.40. The lowest BCUT2D eigenvalue weighted by molar-refractivity contribution is 0.0238. The molecule has 0 unspecified atom stereocenters. The number of hydrogen-bond donors (Lipinski definition) is 0.